The number of imidazole rings is 1. The summed E-state index contributed by atoms with van der Waals surface area (Å²) in [5, 5.41) is 26.7. The number of aliphatic hydroxyl groups excluding tert-OH is 1. The number of para-hydroxylation sites is 2. The van der Waals surface area contributed by atoms with Gasteiger partial charge in [0.2, 0.25) is 0 Å². The number of β-amino-alcohol motifs (C(OH)–C–C–N with tert-alkyl or cyclic N) is 1. The fourth-order valence-corrected chi connectivity index (χ4v) is 3.75. The van der Waals surface area contributed by atoms with Gasteiger partial charge in [0.1, 0.15) is 11.5 Å². The summed E-state index contributed by atoms with van der Waals surface area (Å²) in [7, 11) is 0. The first-order valence-corrected chi connectivity index (χ1v) is 10.1. The molecule has 0 fully saturated rings. The number of nitrogens with one attached hydrogen (secondary N) is 3. The highest BCUT2D eigenvalue weighted by atomic mass is 16.5. The maximum atomic E-state index is 12.3. The van der Waals surface area contributed by atoms with Crippen LogP contribution < -0.4 is 21.1 Å². The molecule has 1 atom stereocenters. The van der Waals surface area contributed by atoms with Crippen LogP contribution in [0.3, 0.4) is 0 Å². The molecule has 2 heterocycles. The topological polar surface area (TPSA) is 129 Å². The number of carbonyl (C=O) groups excluding carboxylic acids is 1. The number of carbonyl (C=O) groups is 1. The number of phenolic OH excluding ortho intramolecular Hbond substituents is 1. The number of aromatic amines is 1. The fraction of sp³-hybridized carbons (Fsp3) is 0.364. The van der Waals surface area contributed by atoms with Crippen molar-refractivity contribution in [2.24, 2.45) is 0 Å². The van der Waals surface area contributed by atoms with Crippen LogP contribution in [0.1, 0.15) is 31.9 Å². The van der Waals surface area contributed by atoms with Gasteiger partial charge >= 0.3 is 5.69 Å². The maximum Gasteiger partial charge on any atom is 0.326 e. The zero-order chi connectivity index (χ0) is 22.2. The molecule has 0 saturated carbocycles. The summed E-state index contributed by atoms with van der Waals surface area (Å²) in [4.78, 5) is 26.7. The Morgan fingerprint density at radius 3 is 2.84 bits per heavy atom. The number of H-pyrrole nitrogens is 1. The molecule has 1 aliphatic heterocycles. The number of hydrogen-bond donors (Lipinski definition) is 5. The largest absolute Gasteiger partial charge is 0.508 e. The highest BCUT2D eigenvalue weighted by Crippen LogP contribution is 2.38. The molecule has 0 radical (unpaired) electrons. The van der Waals surface area contributed by atoms with E-state index < -0.39 is 6.10 Å². The first kappa shape index (κ1) is 21.0. The molecule has 4 rings (SSSR count). The summed E-state index contributed by atoms with van der Waals surface area (Å²) in [5.41, 5.74) is 1.85. The van der Waals surface area contributed by atoms with Crippen molar-refractivity contribution < 1.29 is 19.7 Å². The zero-order valence-electron chi connectivity index (χ0n) is 17.4. The number of aromatic hydroxyl groups is 1. The molecule has 1 amide bonds. The third kappa shape index (κ3) is 4.42. The lowest BCUT2D eigenvalue weighted by atomic mass is 9.99. The highest BCUT2D eigenvalue weighted by molar-refractivity contribution is 5.96. The molecule has 0 saturated heterocycles. The fourth-order valence-electron chi connectivity index (χ4n) is 3.75. The summed E-state index contributed by atoms with van der Waals surface area (Å²) in [6.45, 7) is 4.55. The number of aromatic nitrogens is 2. The Hall–Kier alpha value is -3.30. The minimum Gasteiger partial charge on any atom is -0.508 e. The molecule has 9 nitrogen and oxygen atoms in total. The van der Waals surface area contributed by atoms with Crippen LogP contribution in [0.5, 0.6) is 11.5 Å². The van der Waals surface area contributed by atoms with Crippen molar-refractivity contribution >= 4 is 22.6 Å². The normalized spacial score (nSPS) is 14.7. The van der Waals surface area contributed by atoms with Gasteiger partial charge in [-0.25, -0.2) is 4.79 Å². The molecular weight excluding hydrogens is 400 g/mol. The number of benzene rings is 2. The van der Waals surface area contributed by atoms with E-state index in [1.54, 1.807) is 4.57 Å². The van der Waals surface area contributed by atoms with Crippen LogP contribution in [-0.4, -0.2) is 44.4 Å². The summed E-state index contributed by atoms with van der Waals surface area (Å²) in [5.74, 6) is -0.0308. The van der Waals surface area contributed by atoms with Crippen LogP contribution in [0.2, 0.25) is 0 Å². The first-order valence-electron chi connectivity index (χ1n) is 10.1. The molecule has 1 aromatic heterocycles. The van der Waals surface area contributed by atoms with Gasteiger partial charge in [-0.2, -0.15) is 0 Å². The standard InChI is InChI=1S/C22H26N4O5/c1-22(2,7-8-26-17-6-4-3-5-15(17)25-21(26)30)23-11-18(28)14-9-13(27)10-16-20(14)31-12-19(29)24-16/h3-6,9-10,18,23,27-28H,7-8,11-12H2,1-2H3,(H,24,29)(H,25,30). The zero-order valence-corrected chi connectivity index (χ0v) is 17.4. The number of aliphatic hydroxyl groups is 1. The van der Waals surface area contributed by atoms with Crippen LogP contribution >= 0.6 is 0 Å². The summed E-state index contributed by atoms with van der Waals surface area (Å²) in [6, 6.07) is 10.4. The van der Waals surface area contributed by atoms with Gasteiger partial charge in [0.25, 0.3) is 5.91 Å². The minimum absolute atomic E-state index is 0.0726. The lowest BCUT2D eigenvalue weighted by Crippen LogP contribution is -2.43. The molecule has 0 aliphatic carbocycles. The van der Waals surface area contributed by atoms with Crippen LogP contribution in [0.25, 0.3) is 11.0 Å². The molecule has 0 bridgehead atoms. The monoisotopic (exact) mass is 426 g/mol. The molecule has 1 aliphatic rings. The van der Waals surface area contributed by atoms with Crippen LogP contribution in [0, 0.1) is 0 Å². The first-order chi connectivity index (χ1) is 14.7. The van der Waals surface area contributed by atoms with E-state index in [4.69, 9.17) is 4.74 Å². The Balaban J connectivity index is 1.43. The van der Waals surface area contributed by atoms with Gasteiger partial charge in [-0.15, -0.1) is 0 Å². The van der Waals surface area contributed by atoms with Crippen LogP contribution in [0.4, 0.5) is 5.69 Å². The number of nitrogens with zero attached hydrogens (tertiary/aromatic N) is 1. The van der Waals surface area contributed by atoms with Gasteiger partial charge < -0.3 is 30.6 Å². The number of ether oxygens (including phenoxy) is 1. The van der Waals surface area contributed by atoms with E-state index in [1.807, 2.05) is 38.1 Å². The van der Waals surface area contributed by atoms with Crippen molar-refractivity contribution in [1.82, 2.24) is 14.9 Å². The molecule has 31 heavy (non-hydrogen) atoms. The Labute approximate surface area is 178 Å². The average molecular weight is 426 g/mol. The summed E-state index contributed by atoms with van der Waals surface area (Å²) in [6.07, 6.45) is -0.322. The predicted octanol–water partition coefficient (Wildman–Crippen LogP) is 1.86. The van der Waals surface area contributed by atoms with Crippen LogP contribution in [-0.2, 0) is 11.3 Å². The summed E-state index contributed by atoms with van der Waals surface area (Å²) < 4.78 is 7.18. The van der Waals surface area contributed by atoms with E-state index in [0.717, 1.165) is 11.0 Å². The van der Waals surface area contributed by atoms with Gasteiger partial charge in [-0.05, 0) is 38.5 Å². The highest BCUT2D eigenvalue weighted by Gasteiger charge is 2.26. The minimum atomic E-state index is -0.967. The van der Waals surface area contributed by atoms with Gasteiger partial charge in [0.05, 0.1) is 22.8 Å². The second-order valence-corrected chi connectivity index (χ2v) is 8.38. The van der Waals surface area contributed by atoms with Gasteiger partial charge in [0.15, 0.2) is 6.61 Å². The maximum absolute atomic E-state index is 12.3. The third-order valence-electron chi connectivity index (χ3n) is 5.50. The lowest BCUT2D eigenvalue weighted by molar-refractivity contribution is -0.118. The van der Waals surface area contributed by atoms with Crippen molar-refractivity contribution in [3.8, 4) is 11.5 Å². The Morgan fingerprint density at radius 1 is 1.26 bits per heavy atom. The molecular formula is C22H26N4O5. The van der Waals surface area contributed by atoms with Crippen molar-refractivity contribution in [1.29, 1.82) is 0 Å². The number of hydrogen-bond acceptors (Lipinski definition) is 6. The molecule has 5 N–H and O–H groups in total. The Bertz CT molecular complexity index is 1180. The number of phenols is 1. The van der Waals surface area contributed by atoms with Gasteiger partial charge in [-0.3, -0.25) is 9.36 Å². The van der Waals surface area contributed by atoms with E-state index in [1.165, 1.54) is 12.1 Å². The quantitative estimate of drug-likeness (QED) is 0.392. The van der Waals surface area contributed by atoms with Crippen molar-refractivity contribution in [2.75, 3.05) is 18.5 Å². The molecule has 3 aromatic rings. The van der Waals surface area contributed by atoms with Gasteiger partial charge in [0, 0.05) is 30.3 Å². The SMILES string of the molecule is CC(C)(CCn1c(=O)[nH]c2ccccc21)NCC(O)c1cc(O)cc2c1OCC(=O)N2. The predicted molar refractivity (Wildman–Crippen MR) is 116 cm³/mol. The molecule has 2 aromatic carbocycles. The van der Waals surface area contributed by atoms with Crippen molar-refractivity contribution in [3.63, 3.8) is 0 Å². The Kier molecular flexibility index (Phi) is 5.47. The number of anilines is 1. The molecule has 164 valence electrons. The lowest BCUT2D eigenvalue weighted by Gasteiger charge is -2.29. The van der Waals surface area contributed by atoms with Gasteiger partial charge in [-0.1, -0.05) is 12.1 Å². The van der Waals surface area contributed by atoms with Crippen molar-refractivity contribution in [3.05, 3.63) is 52.4 Å². The average Bonchev–Trinajstić information content (AvgIpc) is 3.04. The number of aryl methyl sites for hydroxylation is 1. The van der Waals surface area contributed by atoms with E-state index in [9.17, 15) is 19.8 Å². The Morgan fingerprint density at radius 2 is 2.03 bits per heavy atom. The smallest absolute Gasteiger partial charge is 0.326 e. The second-order valence-electron chi connectivity index (χ2n) is 8.38. The molecule has 9 heteroatoms. The number of amides is 1. The second kappa shape index (κ2) is 8.09. The van der Waals surface area contributed by atoms with Crippen molar-refractivity contribution in [2.45, 2.75) is 38.5 Å². The van der Waals surface area contributed by atoms with Crippen LogP contribution in [0.15, 0.2) is 41.2 Å². The van der Waals surface area contributed by atoms with E-state index in [-0.39, 0.29) is 36.0 Å². The van der Waals surface area contributed by atoms with E-state index in [0.29, 0.717) is 30.0 Å². The number of fused-ring (bicyclic) bond motifs is 2. The van der Waals surface area contributed by atoms with E-state index >= 15 is 0 Å². The number of rotatable bonds is 7. The molecule has 0 spiro atoms. The third-order valence-corrected chi connectivity index (χ3v) is 5.50. The summed E-state index contributed by atoms with van der Waals surface area (Å²) >= 11 is 0. The molecule has 1 unspecified atom stereocenters. The van der Waals surface area contributed by atoms with E-state index in [2.05, 4.69) is 15.6 Å².